The molecule has 0 amide bonds. The lowest BCUT2D eigenvalue weighted by atomic mass is 10.1. The van der Waals surface area contributed by atoms with Crippen LogP contribution in [0, 0.1) is 0 Å². The summed E-state index contributed by atoms with van der Waals surface area (Å²) in [7, 11) is -0.894. The lowest BCUT2D eigenvalue weighted by Gasteiger charge is -2.28. The summed E-state index contributed by atoms with van der Waals surface area (Å²) < 4.78 is 36.1. The Morgan fingerprint density at radius 1 is 1.07 bits per heavy atom. The fourth-order valence-corrected chi connectivity index (χ4v) is 5.00. The van der Waals surface area contributed by atoms with Gasteiger partial charge in [-0.3, -0.25) is 14.5 Å². The van der Waals surface area contributed by atoms with Gasteiger partial charge in [0.1, 0.15) is 5.66 Å². The minimum absolute atomic E-state index is 0.156. The quantitative estimate of drug-likeness (QED) is 0.399. The van der Waals surface area contributed by atoms with Crippen LogP contribution in [0.4, 0.5) is 5.69 Å². The molecule has 1 aromatic heterocycles. The van der Waals surface area contributed by atoms with Gasteiger partial charge in [-0.05, 0) is 57.5 Å². The van der Waals surface area contributed by atoms with Crippen LogP contribution in [-0.2, 0) is 13.6 Å². The highest BCUT2D eigenvalue weighted by Gasteiger charge is 2.39. The van der Waals surface area contributed by atoms with E-state index in [2.05, 4.69) is 9.98 Å². The molecule has 0 spiro atoms. The molecule has 0 radical (unpaired) electrons. The van der Waals surface area contributed by atoms with Gasteiger partial charge in [0.25, 0.3) is 0 Å². The number of aromatic nitrogens is 1. The molecular formula is C21H29N2O6P. The van der Waals surface area contributed by atoms with Crippen LogP contribution in [0.3, 0.4) is 0 Å². The fourth-order valence-electron chi connectivity index (χ4n) is 2.77. The topological polar surface area (TPSA) is 99.5 Å². The van der Waals surface area contributed by atoms with Crippen molar-refractivity contribution in [2.45, 2.75) is 45.6 Å². The second-order valence-electron chi connectivity index (χ2n) is 7.06. The average molecular weight is 436 g/mol. The van der Waals surface area contributed by atoms with Crippen molar-refractivity contribution in [3.63, 3.8) is 0 Å². The van der Waals surface area contributed by atoms with Gasteiger partial charge < -0.3 is 23.6 Å². The number of pyridine rings is 1. The molecule has 0 saturated carbocycles. The summed E-state index contributed by atoms with van der Waals surface area (Å²) in [5.41, 5.74) is 0.200. The third-order valence-corrected chi connectivity index (χ3v) is 6.45. The van der Waals surface area contributed by atoms with Crippen LogP contribution < -0.4 is 9.47 Å². The van der Waals surface area contributed by atoms with E-state index in [1.807, 2.05) is 0 Å². The second-order valence-corrected chi connectivity index (χ2v) is 9.11. The SMILES string of the molecule is COc1cc(C(C=Nc2cccnc2)P(=O)(OC(C)C)OC(C)C)cc(OC)c1O. The Morgan fingerprint density at radius 3 is 2.07 bits per heavy atom. The zero-order chi connectivity index (χ0) is 22.3. The first-order chi connectivity index (χ1) is 14.2. The van der Waals surface area contributed by atoms with E-state index in [9.17, 15) is 9.67 Å². The number of aromatic hydroxyl groups is 1. The van der Waals surface area contributed by atoms with E-state index < -0.39 is 13.3 Å². The van der Waals surface area contributed by atoms with Gasteiger partial charge in [-0.15, -0.1) is 0 Å². The molecule has 0 bridgehead atoms. The molecule has 2 aromatic rings. The summed E-state index contributed by atoms with van der Waals surface area (Å²) in [5.74, 6) is 0.186. The molecule has 0 saturated heterocycles. The third kappa shape index (κ3) is 6.05. The Bertz CT molecular complexity index is 863. The first-order valence-corrected chi connectivity index (χ1v) is 11.2. The maximum absolute atomic E-state index is 13.9. The van der Waals surface area contributed by atoms with Gasteiger partial charge in [-0.2, -0.15) is 0 Å². The summed E-state index contributed by atoms with van der Waals surface area (Å²) >= 11 is 0. The van der Waals surface area contributed by atoms with E-state index in [1.165, 1.54) is 20.4 Å². The van der Waals surface area contributed by atoms with Crippen LogP contribution in [0.5, 0.6) is 17.2 Å². The number of methoxy groups -OCH3 is 2. The van der Waals surface area contributed by atoms with Crippen molar-refractivity contribution in [2.24, 2.45) is 4.99 Å². The second kappa shape index (κ2) is 10.6. The van der Waals surface area contributed by atoms with Gasteiger partial charge in [0.15, 0.2) is 11.5 Å². The van der Waals surface area contributed by atoms with Crippen LogP contribution >= 0.6 is 7.60 Å². The fraction of sp³-hybridized carbons (Fsp3) is 0.429. The highest BCUT2D eigenvalue weighted by Crippen LogP contribution is 2.62. The summed E-state index contributed by atoms with van der Waals surface area (Å²) in [6, 6.07) is 6.66. The van der Waals surface area contributed by atoms with Crippen LogP contribution in [0.2, 0.25) is 0 Å². The van der Waals surface area contributed by atoms with E-state index >= 15 is 0 Å². The van der Waals surface area contributed by atoms with E-state index in [4.69, 9.17) is 18.5 Å². The van der Waals surface area contributed by atoms with Gasteiger partial charge in [-0.1, -0.05) is 0 Å². The molecule has 0 aliphatic carbocycles. The molecule has 1 N–H and O–H groups in total. The average Bonchev–Trinajstić information content (AvgIpc) is 2.68. The standard InChI is InChI=1S/C21H29N2O6P/c1-14(2)28-30(25,29-15(3)4)20(13-23-17-8-7-9-22-12-17)16-10-18(26-5)21(24)19(11-16)27-6/h7-15,20,24H,1-6H3. The summed E-state index contributed by atoms with van der Waals surface area (Å²) in [6.07, 6.45) is 4.02. The zero-order valence-electron chi connectivity index (χ0n) is 18.1. The number of phenolic OH excluding ortho intramolecular Hbond substituents is 1. The zero-order valence-corrected chi connectivity index (χ0v) is 19.0. The predicted octanol–water partition coefficient (Wildman–Crippen LogP) is 5.29. The van der Waals surface area contributed by atoms with Crippen molar-refractivity contribution in [3.05, 3.63) is 42.2 Å². The van der Waals surface area contributed by atoms with Crippen molar-refractivity contribution >= 4 is 19.5 Å². The number of ether oxygens (including phenoxy) is 2. The normalized spacial score (nSPS) is 13.2. The van der Waals surface area contributed by atoms with Gasteiger partial charge in [0.05, 0.1) is 38.3 Å². The maximum Gasteiger partial charge on any atom is 0.343 e. The number of hydrogen-bond acceptors (Lipinski definition) is 8. The third-order valence-electron chi connectivity index (χ3n) is 3.91. The molecule has 30 heavy (non-hydrogen) atoms. The van der Waals surface area contributed by atoms with Crippen molar-refractivity contribution in [2.75, 3.05) is 14.2 Å². The largest absolute Gasteiger partial charge is 0.502 e. The number of phenols is 1. The molecule has 1 unspecified atom stereocenters. The van der Waals surface area contributed by atoms with E-state index in [1.54, 1.807) is 64.4 Å². The molecule has 0 aliphatic rings. The van der Waals surface area contributed by atoms with Crippen molar-refractivity contribution in [1.82, 2.24) is 4.98 Å². The number of benzene rings is 1. The van der Waals surface area contributed by atoms with Crippen LogP contribution in [0.25, 0.3) is 0 Å². The number of aliphatic imine (C=N–C) groups is 1. The monoisotopic (exact) mass is 436 g/mol. The van der Waals surface area contributed by atoms with E-state index in [-0.39, 0.29) is 29.5 Å². The lowest BCUT2D eigenvalue weighted by molar-refractivity contribution is 0.140. The molecule has 0 fully saturated rings. The van der Waals surface area contributed by atoms with Gasteiger partial charge in [0.2, 0.25) is 5.75 Å². The minimum atomic E-state index is -3.74. The Hall–Kier alpha value is -2.41. The Balaban J connectivity index is 2.66. The molecule has 1 heterocycles. The van der Waals surface area contributed by atoms with Crippen LogP contribution in [-0.4, -0.2) is 42.7 Å². The molecular weight excluding hydrogens is 407 g/mol. The number of nitrogens with zero attached hydrogens (tertiary/aromatic N) is 2. The van der Waals surface area contributed by atoms with Gasteiger partial charge >= 0.3 is 7.60 Å². The molecule has 164 valence electrons. The van der Waals surface area contributed by atoms with Gasteiger partial charge in [-0.25, -0.2) is 0 Å². The summed E-state index contributed by atoms with van der Waals surface area (Å²) in [5, 5.41) is 10.3. The first kappa shape index (κ1) is 23.9. The lowest BCUT2D eigenvalue weighted by Crippen LogP contribution is -2.15. The summed E-state index contributed by atoms with van der Waals surface area (Å²) in [6.45, 7) is 7.13. The molecule has 1 aromatic carbocycles. The smallest absolute Gasteiger partial charge is 0.343 e. The predicted molar refractivity (Wildman–Crippen MR) is 116 cm³/mol. The molecule has 1 atom stereocenters. The molecule has 9 heteroatoms. The van der Waals surface area contributed by atoms with Crippen LogP contribution in [0.15, 0.2) is 41.7 Å². The Morgan fingerprint density at radius 2 is 1.63 bits per heavy atom. The van der Waals surface area contributed by atoms with Crippen LogP contribution in [0.1, 0.15) is 38.9 Å². The first-order valence-electron chi connectivity index (χ1n) is 9.55. The van der Waals surface area contributed by atoms with Crippen molar-refractivity contribution in [3.8, 4) is 17.2 Å². The highest BCUT2D eigenvalue weighted by molar-refractivity contribution is 7.55. The van der Waals surface area contributed by atoms with Crippen molar-refractivity contribution < 1.29 is 28.2 Å². The molecule has 0 aliphatic heterocycles. The van der Waals surface area contributed by atoms with Gasteiger partial charge in [0, 0.05) is 12.4 Å². The highest BCUT2D eigenvalue weighted by atomic mass is 31.2. The molecule has 8 nitrogen and oxygen atoms in total. The minimum Gasteiger partial charge on any atom is -0.502 e. The van der Waals surface area contributed by atoms with E-state index in [0.29, 0.717) is 11.3 Å². The number of rotatable bonds is 10. The molecule has 2 rings (SSSR count). The summed E-state index contributed by atoms with van der Waals surface area (Å²) in [4.78, 5) is 8.48. The number of hydrogen-bond donors (Lipinski definition) is 1. The Kier molecular flexibility index (Phi) is 8.41. The maximum atomic E-state index is 13.9. The van der Waals surface area contributed by atoms with E-state index in [0.717, 1.165) is 0 Å². The Labute approximate surface area is 177 Å². The van der Waals surface area contributed by atoms with Crippen molar-refractivity contribution in [1.29, 1.82) is 0 Å².